The monoisotopic (exact) mass is 596 g/mol. The van der Waals surface area contributed by atoms with E-state index in [-0.39, 0.29) is 11.9 Å². The highest BCUT2D eigenvalue weighted by Crippen LogP contribution is 2.25. The van der Waals surface area contributed by atoms with E-state index < -0.39 is 6.10 Å². The number of aliphatic hydroxyl groups excluding tert-OH is 1. The van der Waals surface area contributed by atoms with Crippen molar-refractivity contribution in [3.05, 3.63) is 108 Å². The van der Waals surface area contributed by atoms with E-state index in [0.717, 1.165) is 63.5 Å². The van der Waals surface area contributed by atoms with Crippen LogP contribution in [0, 0.1) is 0 Å². The largest absolute Gasteiger partial charge is 0.490 e. The van der Waals surface area contributed by atoms with Crippen LogP contribution in [-0.2, 0) is 26.1 Å². The van der Waals surface area contributed by atoms with Crippen LogP contribution in [-0.4, -0.2) is 69.0 Å². The summed E-state index contributed by atoms with van der Waals surface area (Å²) in [5.41, 5.74) is 4.44. The zero-order valence-electron chi connectivity index (χ0n) is 25.0. The van der Waals surface area contributed by atoms with Crippen molar-refractivity contribution in [3.8, 4) is 11.5 Å². The summed E-state index contributed by atoms with van der Waals surface area (Å²) in [7, 11) is 0. The molecule has 1 N–H and O–H groups in total. The number of β-amino-alcohol motifs (C(OH)–C–C–N with tert-alkyl or cyclic N) is 1. The molecule has 0 aliphatic carbocycles. The molecule has 230 valence electrons. The van der Waals surface area contributed by atoms with E-state index in [9.17, 15) is 9.90 Å². The molecule has 2 aromatic carbocycles. The fourth-order valence-corrected chi connectivity index (χ4v) is 5.98. The predicted octanol–water partition coefficient (Wildman–Crippen LogP) is 5.07. The first-order valence-corrected chi connectivity index (χ1v) is 15.5. The molecule has 1 saturated heterocycles. The molecule has 2 aliphatic heterocycles. The molecule has 1 atom stereocenters. The Morgan fingerprint density at radius 2 is 1.75 bits per heavy atom. The molecule has 0 spiro atoms. The van der Waals surface area contributed by atoms with Crippen LogP contribution in [0.15, 0.2) is 84.0 Å². The van der Waals surface area contributed by atoms with Gasteiger partial charge in [0.2, 0.25) is 0 Å². The van der Waals surface area contributed by atoms with Crippen molar-refractivity contribution < 1.29 is 23.8 Å². The van der Waals surface area contributed by atoms with E-state index in [1.165, 1.54) is 23.1 Å². The van der Waals surface area contributed by atoms with Crippen LogP contribution in [0.5, 0.6) is 11.5 Å². The number of likely N-dealkylation sites (tertiary alicyclic amines) is 1. The molecule has 0 saturated carbocycles. The van der Waals surface area contributed by atoms with Crippen LogP contribution in [0.2, 0.25) is 0 Å². The lowest BCUT2D eigenvalue weighted by atomic mass is 9.98. The van der Waals surface area contributed by atoms with Gasteiger partial charge < -0.3 is 19.0 Å². The van der Waals surface area contributed by atoms with Gasteiger partial charge in [0.1, 0.15) is 24.2 Å². The second kappa shape index (κ2) is 14.6. The average Bonchev–Trinajstić information content (AvgIpc) is 3.58. The third-order valence-electron chi connectivity index (χ3n) is 8.48. The SMILES string of the molecule is O=C(CC[C@H](O)CN1CCc2cc(OCc3cnco3)ccc2C1)c1ccc(OC2CCN(Cc3ccncc3)CC2)cc1. The zero-order valence-corrected chi connectivity index (χ0v) is 25.0. The van der Waals surface area contributed by atoms with Crippen molar-refractivity contribution in [3.63, 3.8) is 0 Å². The molecule has 0 unspecified atom stereocenters. The van der Waals surface area contributed by atoms with Crippen molar-refractivity contribution in [1.82, 2.24) is 19.8 Å². The molecule has 9 nitrogen and oxygen atoms in total. The number of fused-ring (bicyclic) bond motifs is 1. The smallest absolute Gasteiger partial charge is 0.181 e. The first kappa shape index (κ1) is 30.0. The number of ketones is 1. The topological polar surface area (TPSA) is 101 Å². The molecule has 0 bridgehead atoms. The summed E-state index contributed by atoms with van der Waals surface area (Å²) in [5.74, 6) is 2.34. The number of hydrogen-bond acceptors (Lipinski definition) is 9. The minimum absolute atomic E-state index is 0.0434. The van der Waals surface area contributed by atoms with Crippen molar-refractivity contribution >= 4 is 5.78 Å². The molecule has 6 rings (SSSR count). The van der Waals surface area contributed by atoms with E-state index in [1.807, 2.05) is 42.7 Å². The van der Waals surface area contributed by atoms with Gasteiger partial charge in [-0.3, -0.25) is 19.6 Å². The fourth-order valence-electron chi connectivity index (χ4n) is 5.98. The van der Waals surface area contributed by atoms with Gasteiger partial charge in [0.05, 0.1) is 12.3 Å². The van der Waals surface area contributed by atoms with Gasteiger partial charge in [-0.25, -0.2) is 4.98 Å². The van der Waals surface area contributed by atoms with Gasteiger partial charge in [-0.15, -0.1) is 0 Å². The van der Waals surface area contributed by atoms with E-state index in [4.69, 9.17) is 13.9 Å². The highest BCUT2D eigenvalue weighted by Gasteiger charge is 2.22. The lowest BCUT2D eigenvalue weighted by molar-refractivity contribution is 0.0836. The number of carbonyl (C=O) groups is 1. The minimum atomic E-state index is -0.558. The van der Waals surface area contributed by atoms with E-state index in [1.54, 1.807) is 6.20 Å². The normalized spacial score (nSPS) is 16.8. The highest BCUT2D eigenvalue weighted by atomic mass is 16.5. The van der Waals surface area contributed by atoms with Crippen LogP contribution in [0.25, 0.3) is 0 Å². The Bertz CT molecular complexity index is 1470. The van der Waals surface area contributed by atoms with Crippen molar-refractivity contribution in [2.75, 3.05) is 26.2 Å². The molecule has 0 amide bonds. The third-order valence-corrected chi connectivity index (χ3v) is 8.48. The second-order valence-corrected chi connectivity index (χ2v) is 11.8. The lowest BCUT2D eigenvalue weighted by Crippen LogP contribution is -2.37. The first-order chi connectivity index (χ1) is 21.6. The zero-order chi connectivity index (χ0) is 30.1. The number of benzene rings is 2. The van der Waals surface area contributed by atoms with Crippen molar-refractivity contribution in [2.45, 2.75) is 64.0 Å². The van der Waals surface area contributed by atoms with Crippen LogP contribution < -0.4 is 9.47 Å². The van der Waals surface area contributed by atoms with E-state index >= 15 is 0 Å². The van der Waals surface area contributed by atoms with Crippen molar-refractivity contribution in [2.24, 2.45) is 0 Å². The summed E-state index contributed by atoms with van der Waals surface area (Å²) in [4.78, 5) is 25.6. The molecule has 0 radical (unpaired) electrons. The number of piperidine rings is 1. The molecule has 4 heterocycles. The first-order valence-electron chi connectivity index (χ1n) is 15.5. The summed E-state index contributed by atoms with van der Waals surface area (Å²) < 4.78 is 17.3. The molecule has 9 heteroatoms. The summed E-state index contributed by atoms with van der Waals surface area (Å²) in [6, 6.07) is 17.7. The number of hydrogen-bond donors (Lipinski definition) is 1. The molecular weight excluding hydrogens is 556 g/mol. The number of nitrogens with zero attached hydrogens (tertiary/aromatic N) is 4. The van der Waals surface area contributed by atoms with E-state index in [0.29, 0.717) is 37.3 Å². The molecule has 4 aromatic rings. The number of oxazole rings is 1. The Morgan fingerprint density at radius 1 is 0.955 bits per heavy atom. The van der Waals surface area contributed by atoms with Crippen LogP contribution in [0.1, 0.15) is 58.5 Å². The number of aromatic nitrogens is 2. The van der Waals surface area contributed by atoms with Gasteiger partial charge in [-0.05, 0) is 90.9 Å². The Hall–Kier alpha value is -4.05. The minimum Gasteiger partial charge on any atom is -0.490 e. The Morgan fingerprint density at radius 3 is 2.52 bits per heavy atom. The molecule has 2 aliphatic rings. The quantitative estimate of drug-likeness (QED) is 0.212. The standard InChI is InChI=1S/C35H40N4O5/c40-30(23-39-16-11-28-19-33(7-3-29(28)22-39)42-24-34-20-37-25-43-34)4-8-35(41)27-1-5-31(6-2-27)44-32-12-17-38(18-13-32)21-26-9-14-36-15-10-26/h1-3,5-7,9-10,14-15,19-20,25,30,32,40H,4,8,11-13,16-18,21-24H2/t30-/m0/s1. The Balaban J connectivity index is 0.895. The predicted molar refractivity (Wildman–Crippen MR) is 165 cm³/mol. The maximum Gasteiger partial charge on any atom is 0.181 e. The van der Waals surface area contributed by atoms with E-state index in [2.05, 4.69) is 44.0 Å². The van der Waals surface area contributed by atoms with Gasteiger partial charge in [0.25, 0.3) is 0 Å². The van der Waals surface area contributed by atoms with Gasteiger partial charge >= 0.3 is 0 Å². The van der Waals surface area contributed by atoms with Gasteiger partial charge in [0, 0.05) is 63.6 Å². The van der Waals surface area contributed by atoms with Gasteiger partial charge in [-0.1, -0.05) is 6.07 Å². The number of rotatable bonds is 13. The third kappa shape index (κ3) is 8.31. The number of pyridine rings is 1. The summed E-state index contributed by atoms with van der Waals surface area (Å²) in [6.45, 7) is 5.46. The molecule has 1 fully saturated rings. The summed E-state index contributed by atoms with van der Waals surface area (Å²) >= 11 is 0. The van der Waals surface area contributed by atoms with Gasteiger partial charge in [0.15, 0.2) is 17.9 Å². The van der Waals surface area contributed by atoms with Crippen LogP contribution in [0.3, 0.4) is 0 Å². The summed E-state index contributed by atoms with van der Waals surface area (Å²) in [6.07, 6.45) is 9.95. The molecule has 2 aromatic heterocycles. The molecule has 44 heavy (non-hydrogen) atoms. The highest BCUT2D eigenvalue weighted by molar-refractivity contribution is 5.96. The van der Waals surface area contributed by atoms with Crippen LogP contribution in [0.4, 0.5) is 0 Å². The Kier molecular flexibility index (Phi) is 9.96. The second-order valence-electron chi connectivity index (χ2n) is 11.8. The Labute approximate surface area is 258 Å². The van der Waals surface area contributed by atoms with Crippen LogP contribution >= 0.6 is 0 Å². The number of ether oxygens (including phenoxy) is 2. The fraction of sp³-hybridized carbons (Fsp3) is 0.400. The van der Waals surface area contributed by atoms with Crippen molar-refractivity contribution in [1.29, 1.82) is 0 Å². The number of aliphatic hydroxyl groups is 1. The summed E-state index contributed by atoms with van der Waals surface area (Å²) in [5, 5.41) is 10.7. The average molecular weight is 597 g/mol. The maximum atomic E-state index is 12.9. The number of carbonyl (C=O) groups excluding carboxylic acids is 1. The lowest BCUT2D eigenvalue weighted by Gasteiger charge is -2.32. The maximum absolute atomic E-state index is 12.9. The van der Waals surface area contributed by atoms with Gasteiger partial charge in [-0.2, -0.15) is 0 Å². The number of Topliss-reactive ketones (excluding diaryl/α,β-unsaturated/α-hetero) is 1. The molecular formula is C35H40N4O5.